The van der Waals surface area contributed by atoms with Gasteiger partial charge in [-0.25, -0.2) is 19.2 Å². The van der Waals surface area contributed by atoms with E-state index >= 15 is 0 Å². The van der Waals surface area contributed by atoms with E-state index in [-0.39, 0.29) is 11.1 Å². The second-order valence-electron chi connectivity index (χ2n) is 7.03. The molecule has 0 saturated heterocycles. The minimum Gasteiger partial charge on any atom is -0.478 e. The monoisotopic (exact) mass is 402 g/mol. The Bertz CT molecular complexity index is 1400. The number of imidazole rings is 1. The summed E-state index contributed by atoms with van der Waals surface area (Å²) in [6, 6.07) is 9.17. The zero-order valence-corrected chi connectivity index (χ0v) is 15.6. The van der Waals surface area contributed by atoms with E-state index in [2.05, 4.69) is 9.97 Å². The molecular weight excluding hydrogens is 387 g/mol. The minimum atomic E-state index is -1.08. The Labute approximate surface area is 169 Å². The molecule has 5 rings (SSSR count). The van der Waals surface area contributed by atoms with E-state index < -0.39 is 11.8 Å². The van der Waals surface area contributed by atoms with Gasteiger partial charge in [0.05, 0.1) is 28.5 Å². The first-order valence-corrected chi connectivity index (χ1v) is 9.28. The third kappa shape index (κ3) is 2.89. The zero-order valence-electron chi connectivity index (χ0n) is 15.6. The molecule has 0 unspecified atom stereocenters. The zero-order chi connectivity index (χ0) is 20.8. The number of hydrogen-bond donors (Lipinski definition) is 1. The number of aromatic nitrogens is 4. The maximum Gasteiger partial charge on any atom is 0.335 e. The number of benzene rings is 2. The van der Waals surface area contributed by atoms with Gasteiger partial charge in [0.25, 0.3) is 5.56 Å². The lowest BCUT2D eigenvalue weighted by molar-refractivity contribution is 0.0697. The molecule has 1 aliphatic rings. The van der Waals surface area contributed by atoms with Crippen LogP contribution in [0.1, 0.15) is 28.2 Å². The summed E-state index contributed by atoms with van der Waals surface area (Å²) in [5.41, 5.74) is 2.03. The third-order valence-corrected chi connectivity index (χ3v) is 5.19. The molecule has 30 heavy (non-hydrogen) atoms. The van der Waals surface area contributed by atoms with Crippen LogP contribution in [0.25, 0.3) is 28.2 Å². The Morgan fingerprint density at radius 3 is 2.80 bits per heavy atom. The van der Waals surface area contributed by atoms with Crippen molar-refractivity contribution in [2.24, 2.45) is 0 Å². The molecule has 0 radical (unpaired) electrons. The van der Waals surface area contributed by atoms with Gasteiger partial charge in [0.1, 0.15) is 11.6 Å². The molecule has 4 aromatic rings. The molecule has 148 valence electrons. The highest BCUT2D eigenvalue weighted by Crippen LogP contribution is 2.28. The number of fused-ring (bicyclic) bond motifs is 2. The Hall–Kier alpha value is -4.07. The molecule has 8 heteroatoms. The van der Waals surface area contributed by atoms with Gasteiger partial charge in [0.2, 0.25) is 0 Å². The van der Waals surface area contributed by atoms with Crippen LogP contribution in [0.15, 0.2) is 59.9 Å². The van der Waals surface area contributed by atoms with Crippen LogP contribution in [-0.2, 0) is 6.54 Å². The van der Waals surface area contributed by atoms with Gasteiger partial charge in [0.15, 0.2) is 0 Å². The average molecular weight is 402 g/mol. The van der Waals surface area contributed by atoms with Gasteiger partial charge in [-0.05, 0) is 54.0 Å². The maximum absolute atomic E-state index is 14.6. The normalized spacial score (nSPS) is 14.4. The summed E-state index contributed by atoms with van der Waals surface area (Å²) in [6.45, 7) is 0.471. The van der Waals surface area contributed by atoms with Crippen LogP contribution >= 0.6 is 0 Å². The van der Waals surface area contributed by atoms with E-state index in [1.165, 1.54) is 30.6 Å². The molecule has 0 atom stereocenters. The maximum atomic E-state index is 14.6. The number of aromatic carboxylic acids is 1. The summed E-state index contributed by atoms with van der Waals surface area (Å²) >= 11 is 0. The van der Waals surface area contributed by atoms with Crippen molar-refractivity contribution in [2.45, 2.75) is 13.0 Å². The second-order valence-corrected chi connectivity index (χ2v) is 7.03. The number of halogens is 1. The molecule has 1 N–H and O–H groups in total. The molecule has 0 spiro atoms. The summed E-state index contributed by atoms with van der Waals surface area (Å²) in [6.07, 6.45) is 7.15. The molecule has 0 bridgehead atoms. The fourth-order valence-electron chi connectivity index (χ4n) is 3.71. The Kier molecular flexibility index (Phi) is 4.06. The average Bonchev–Trinajstić information content (AvgIpc) is 3.39. The van der Waals surface area contributed by atoms with Gasteiger partial charge in [-0.2, -0.15) is 0 Å². The topological polar surface area (TPSA) is 90.0 Å². The van der Waals surface area contributed by atoms with Gasteiger partial charge in [-0.15, -0.1) is 0 Å². The number of allylic oxidation sites excluding steroid dienone is 1. The van der Waals surface area contributed by atoms with E-state index in [4.69, 9.17) is 0 Å². The second kappa shape index (κ2) is 6.77. The number of carboxylic acids is 1. The highest BCUT2D eigenvalue weighted by atomic mass is 19.1. The van der Waals surface area contributed by atoms with Gasteiger partial charge < -0.3 is 9.67 Å². The van der Waals surface area contributed by atoms with Gasteiger partial charge in [0, 0.05) is 18.9 Å². The van der Waals surface area contributed by atoms with Crippen LogP contribution in [0.2, 0.25) is 0 Å². The Morgan fingerprint density at radius 1 is 1.20 bits per heavy atom. The number of hydrogen-bond acceptors (Lipinski definition) is 4. The van der Waals surface area contributed by atoms with Crippen LogP contribution in [0.5, 0.6) is 0 Å². The van der Waals surface area contributed by atoms with Gasteiger partial charge in [-0.1, -0.05) is 6.07 Å². The smallest absolute Gasteiger partial charge is 0.335 e. The predicted octanol–water partition coefficient (Wildman–Crippen LogP) is 3.36. The lowest BCUT2D eigenvalue weighted by Crippen LogP contribution is -2.21. The van der Waals surface area contributed by atoms with Crippen molar-refractivity contribution in [1.29, 1.82) is 0 Å². The van der Waals surface area contributed by atoms with Crippen molar-refractivity contribution >= 4 is 28.5 Å². The van der Waals surface area contributed by atoms with Gasteiger partial charge >= 0.3 is 5.97 Å². The van der Waals surface area contributed by atoms with Crippen LogP contribution in [0, 0.1) is 5.82 Å². The van der Waals surface area contributed by atoms with E-state index in [1.54, 1.807) is 39.7 Å². The number of rotatable bonds is 3. The fourth-order valence-corrected chi connectivity index (χ4v) is 3.71. The quantitative estimate of drug-likeness (QED) is 0.568. The van der Waals surface area contributed by atoms with Crippen LogP contribution in [0.3, 0.4) is 0 Å². The molecule has 1 aliphatic heterocycles. The first-order chi connectivity index (χ1) is 14.5. The van der Waals surface area contributed by atoms with E-state index in [1.807, 2.05) is 0 Å². The van der Waals surface area contributed by atoms with Crippen LogP contribution in [0.4, 0.5) is 4.39 Å². The Balaban J connectivity index is 1.59. The van der Waals surface area contributed by atoms with Crippen molar-refractivity contribution < 1.29 is 14.3 Å². The number of carboxylic acid groups (broad SMARTS) is 1. The molecule has 2 aromatic carbocycles. The molecule has 0 saturated carbocycles. The van der Waals surface area contributed by atoms with E-state index in [9.17, 15) is 19.1 Å². The van der Waals surface area contributed by atoms with Crippen molar-refractivity contribution in [2.75, 3.05) is 0 Å². The van der Waals surface area contributed by atoms with Crippen molar-refractivity contribution in [1.82, 2.24) is 19.1 Å². The molecule has 0 fully saturated rings. The standard InChI is InChI=1S/C22H15FN4O3/c23-17-10-13(1-4-19(17)26-8-6-24-12-26)9-14-5-7-27-20(14)25-18-11-15(22(29)30)2-3-16(18)21(27)28/h1-4,6,8-12H,5,7H2,(H,29,30)/b14-9+. The minimum absolute atomic E-state index is 0.0695. The summed E-state index contributed by atoms with van der Waals surface area (Å²) in [5.74, 6) is -0.993. The molecule has 0 amide bonds. The molecule has 2 aromatic heterocycles. The molecule has 7 nitrogen and oxygen atoms in total. The highest BCUT2D eigenvalue weighted by molar-refractivity contribution is 5.93. The first kappa shape index (κ1) is 18.0. The van der Waals surface area contributed by atoms with E-state index in [0.29, 0.717) is 40.9 Å². The lowest BCUT2D eigenvalue weighted by Gasteiger charge is -2.07. The SMILES string of the molecule is O=C(O)c1ccc2c(=O)n3c(nc2c1)/C(=C/c1ccc(-n2ccnc2)c(F)c1)CC3. The van der Waals surface area contributed by atoms with Gasteiger partial charge in [-0.3, -0.25) is 9.36 Å². The van der Waals surface area contributed by atoms with Crippen LogP contribution < -0.4 is 5.56 Å². The number of carbonyl (C=O) groups is 1. The van der Waals surface area contributed by atoms with Crippen molar-refractivity contribution in [3.05, 3.63) is 88.2 Å². The highest BCUT2D eigenvalue weighted by Gasteiger charge is 2.21. The molecular formula is C22H15FN4O3. The van der Waals surface area contributed by atoms with Crippen molar-refractivity contribution in [3.63, 3.8) is 0 Å². The summed E-state index contributed by atoms with van der Waals surface area (Å²) in [5, 5.41) is 9.58. The first-order valence-electron chi connectivity index (χ1n) is 9.28. The molecule has 0 aliphatic carbocycles. The summed E-state index contributed by atoms with van der Waals surface area (Å²) < 4.78 is 17.7. The number of nitrogens with zero attached hydrogens (tertiary/aromatic N) is 4. The lowest BCUT2D eigenvalue weighted by atomic mass is 10.1. The van der Waals surface area contributed by atoms with Crippen LogP contribution in [-0.4, -0.2) is 30.2 Å². The van der Waals surface area contributed by atoms with Crippen molar-refractivity contribution in [3.8, 4) is 5.69 Å². The predicted molar refractivity (Wildman–Crippen MR) is 109 cm³/mol. The third-order valence-electron chi connectivity index (χ3n) is 5.19. The summed E-state index contributed by atoms with van der Waals surface area (Å²) in [7, 11) is 0. The summed E-state index contributed by atoms with van der Waals surface area (Å²) in [4.78, 5) is 32.5. The van der Waals surface area contributed by atoms with E-state index in [0.717, 1.165) is 5.57 Å². The molecule has 3 heterocycles. The largest absolute Gasteiger partial charge is 0.478 e. The fraction of sp³-hybridized carbons (Fsp3) is 0.0909. The Morgan fingerprint density at radius 2 is 2.07 bits per heavy atom.